The van der Waals surface area contributed by atoms with Gasteiger partial charge in [-0.25, -0.2) is 0 Å². The lowest BCUT2D eigenvalue weighted by Gasteiger charge is -2.32. The number of unbranched alkanes of at least 4 members (excludes halogenated alkanes) is 1. The predicted octanol–water partition coefficient (Wildman–Crippen LogP) is 4.80. The first kappa shape index (κ1) is 23.0. The van der Waals surface area contributed by atoms with E-state index in [4.69, 9.17) is 4.42 Å². The number of nitrogens with zero attached hydrogens (tertiary/aromatic N) is 3. The lowest BCUT2D eigenvalue weighted by atomic mass is 9.91. The zero-order valence-electron chi connectivity index (χ0n) is 19.4. The fourth-order valence-corrected chi connectivity index (χ4v) is 4.30. The first-order valence-corrected chi connectivity index (χ1v) is 11.9. The van der Waals surface area contributed by atoms with Gasteiger partial charge >= 0.3 is 0 Å². The van der Waals surface area contributed by atoms with E-state index in [1.54, 1.807) is 18.5 Å². The normalized spacial score (nSPS) is 14.7. The largest absolute Gasteiger partial charge is 0.449 e. The standard InChI is InChI=1S/C26H32N4O3/c1-18(2)21-6-7-22(29-16-21)26(32)30-13-9-19(10-14-30)5-3-4-11-28-25(31)23-15-20-8-12-27-17-24(20)33-23/h6-8,12,15-19H,3-5,9-11,13-14H2,1-2H3,(H,28,31). The van der Waals surface area contributed by atoms with Gasteiger partial charge in [-0.3, -0.25) is 19.6 Å². The van der Waals surface area contributed by atoms with Crippen LogP contribution in [0.2, 0.25) is 0 Å². The second kappa shape index (κ2) is 10.6. The number of hydrogen-bond donors (Lipinski definition) is 1. The maximum atomic E-state index is 12.7. The van der Waals surface area contributed by atoms with Crippen molar-refractivity contribution in [3.63, 3.8) is 0 Å². The molecular weight excluding hydrogens is 416 g/mol. The molecule has 0 radical (unpaired) electrons. The summed E-state index contributed by atoms with van der Waals surface area (Å²) >= 11 is 0. The SMILES string of the molecule is CC(C)c1ccc(C(=O)N2CCC(CCCCNC(=O)c3cc4ccncc4o3)CC2)nc1. The Morgan fingerprint density at radius 2 is 1.97 bits per heavy atom. The van der Waals surface area contributed by atoms with Gasteiger partial charge in [-0.2, -0.15) is 0 Å². The number of rotatable bonds is 8. The molecule has 0 aliphatic carbocycles. The minimum absolute atomic E-state index is 0.0350. The van der Waals surface area contributed by atoms with Crippen molar-refractivity contribution >= 4 is 22.8 Å². The van der Waals surface area contributed by atoms with E-state index in [2.05, 4.69) is 29.1 Å². The number of pyridine rings is 2. The number of piperidine rings is 1. The van der Waals surface area contributed by atoms with E-state index in [1.807, 2.05) is 29.3 Å². The van der Waals surface area contributed by atoms with Gasteiger partial charge in [-0.1, -0.05) is 32.8 Å². The summed E-state index contributed by atoms with van der Waals surface area (Å²) in [5.41, 5.74) is 2.31. The van der Waals surface area contributed by atoms with Crippen LogP contribution in [0, 0.1) is 5.92 Å². The molecule has 0 aromatic carbocycles. The molecule has 0 unspecified atom stereocenters. The zero-order valence-corrected chi connectivity index (χ0v) is 19.4. The molecule has 0 bridgehead atoms. The van der Waals surface area contributed by atoms with E-state index < -0.39 is 0 Å². The summed E-state index contributed by atoms with van der Waals surface area (Å²) in [4.78, 5) is 35.3. The van der Waals surface area contributed by atoms with E-state index in [9.17, 15) is 9.59 Å². The van der Waals surface area contributed by atoms with Crippen molar-refractivity contribution in [2.75, 3.05) is 19.6 Å². The van der Waals surface area contributed by atoms with Gasteiger partial charge in [0.05, 0.1) is 6.20 Å². The third kappa shape index (κ3) is 5.78. The Morgan fingerprint density at radius 3 is 2.67 bits per heavy atom. The predicted molar refractivity (Wildman–Crippen MR) is 127 cm³/mol. The van der Waals surface area contributed by atoms with Gasteiger partial charge in [0, 0.05) is 37.4 Å². The average molecular weight is 449 g/mol. The summed E-state index contributed by atoms with van der Waals surface area (Å²) in [5, 5.41) is 3.81. The fraction of sp³-hybridized carbons (Fsp3) is 0.462. The van der Waals surface area contributed by atoms with E-state index in [-0.39, 0.29) is 11.8 Å². The van der Waals surface area contributed by atoms with Gasteiger partial charge in [0.1, 0.15) is 5.69 Å². The number of furan rings is 1. The lowest BCUT2D eigenvalue weighted by molar-refractivity contribution is 0.0679. The van der Waals surface area contributed by atoms with Crippen molar-refractivity contribution < 1.29 is 14.0 Å². The Morgan fingerprint density at radius 1 is 1.15 bits per heavy atom. The quantitative estimate of drug-likeness (QED) is 0.500. The third-order valence-electron chi connectivity index (χ3n) is 6.45. The molecule has 0 saturated carbocycles. The number of nitrogens with one attached hydrogen (secondary N) is 1. The van der Waals surface area contributed by atoms with Crippen LogP contribution in [0.1, 0.15) is 78.5 Å². The molecule has 7 heteroatoms. The average Bonchev–Trinajstić information content (AvgIpc) is 3.28. The molecule has 1 aliphatic heterocycles. The van der Waals surface area contributed by atoms with Crippen molar-refractivity contribution in [3.05, 3.63) is 59.9 Å². The number of carbonyl (C=O) groups is 2. The Kier molecular flexibility index (Phi) is 7.37. The monoisotopic (exact) mass is 448 g/mol. The van der Waals surface area contributed by atoms with E-state index in [1.165, 1.54) is 0 Å². The Bertz CT molecular complexity index is 1050. The minimum Gasteiger partial charge on any atom is -0.449 e. The maximum absolute atomic E-state index is 12.7. The molecule has 4 rings (SSSR count). The Labute approximate surface area is 194 Å². The van der Waals surface area contributed by atoms with Crippen molar-refractivity contribution in [2.45, 2.75) is 51.9 Å². The fourth-order valence-electron chi connectivity index (χ4n) is 4.30. The highest BCUT2D eigenvalue weighted by molar-refractivity contribution is 5.95. The molecule has 1 saturated heterocycles. The van der Waals surface area contributed by atoms with Crippen LogP contribution in [0.25, 0.3) is 11.0 Å². The highest BCUT2D eigenvalue weighted by Crippen LogP contribution is 2.24. The minimum atomic E-state index is -0.187. The zero-order chi connectivity index (χ0) is 23.2. The van der Waals surface area contributed by atoms with Crippen LogP contribution in [0.3, 0.4) is 0 Å². The molecule has 7 nitrogen and oxygen atoms in total. The molecule has 2 amide bonds. The third-order valence-corrected chi connectivity index (χ3v) is 6.45. The molecule has 1 aliphatic rings. The molecule has 1 N–H and O–H groups in total. The first-order valence-electron chi connectivity index (χ1n) is 11.9. The molecule has 174 valence electrons. The second-order valence-electron chi connectivity index (χ2n) is 9.14. The van der Waals surface area contributed by atoms with Gasteiger partial charge in [0.2, 0.25) is 0 Å². The summed E-state index contributed by atoms with van der Waals surface area (Å²) < 4.78 is 5.55. The summed E-state index contributed by atoms with van der Waals surface area (Å²) in [6, 6.07) is 7.42. The molecule has 1 fully saturated rings. The van der Waals surface area contributed by atoms with Crippen LogP contribution in [0.15, 0.2) is 47.3 Å². The van der Waals surface area contributed by atoms with Crippen molar-refractivity contribution in [3.8, 4) is 0 Å². The summed E-state index contributed by atoms with van der Waals surface area (Å²) in [6.07, 6.45) is 10.3. The molecule has 33 heavy (non-hydrogen) atoms. The van der Waals surface area contributed by atoms with Gasteiger partial charge in [-0.15, -0.1) is 0 Å². The summed E-state index contributed by atoms with van der Waals surface area (Å²) in [7, 11) is 0. The van der Waals surface area contributed by atoms with Crippen LogP contribution in [0.4, 0.5) is 0 Å². The second-order valence-corrected chi connectivity index (χ2v) is 9.14. The van der Waals surface area contributed by atoms with E-state index in [0.29, 0.717) is 35.4 Å². The number of hydrogen-bond acceptors (Lipinski definition) is 5. The van der Waals surface area contributed by atoms with Crippen LogP contribution in [-0.4, -0.2) is 46.3 Å². The smallest absolute Gasteiger partial charge is 0.287 e. The van der Waals surface area contributed by atoms with Crippen molar-refractivity contribution in [1.82, 2.24) is 20.2 Å². The topological polar surface area (TPSA) is 88.3 Å². The summed E-state index contributed by atoms with van der Waals surface area (Å²) in [5.74, 6) is 1.21. The number of likely N-dealkylation sites (tertiary alicyclic amines) is 1. The number of amides is 2. The number of fused-ring (bicyclic) bond motifs is 1. The molecular formula is C26H32N4O3. The number of carbonyl (C=O) groups excluding carboxylic acids is 2. The van der Waals surface area contributed by atoms with Gasteiger partial charge in [-0.05, 0) is 54.9 Å². The van der Waals surface area contributed by atoms with Crippen LogP contribution in [0.5, 0.6) is 0 Å². The lowest BCUT2D eigenvalue weighted by Crippen LogP contribution is -2.38. The maximum Gasteiger partial charge on any atom is 0.287 e. The van der Waals surface area contributed by atoms with Gasteiger partial charge in [0.15, 0.2) is 11.3 Å². The van der Waals surface area contributed by atoms with Crippen LogP contribution >= 0.6 is 0 Å². The summed E-state index contributed by atoms with van der Waals surface area (Å²) in [6.45, 7) is 6.44. The highest BCUT2D eigenvalue weighted by atomic mass is 16.3. The highest BCUT2D eigenvalue weighted by Gasteiger charge is 2.24. The Hall–Kier alpha value is -3.22. The van der Waals surface area contributed by atoms with Crippen molar-refractivity contribution in [2.24, 2.45) is 5.92 Å². The van der Waals surface area contributed by atoms with Gasteiger partial charge < -0.3 is 14.6 Å². The molecule has 4 heterocycles. The van der Waals surface area contributed by atoms with Crippen LogP contribution in [-0.2, 0) is 0 Å². The molecule has 0 atom stereocenters. The van der Waals surface area contributed by atoms with Crippen LogP contribution < -0.4 is 5.32 Å². The van der Waals surface area contributed by atoms with Crippen molar-refractivity contribution in [1.29, 1.82) is 0 Å². The Balaban J connectivity index is 1.13. The molecule has 3 aromatic heterocycles. The number of aromatic nitrogens is 2. The molecule has 3 aromatic rings. The van der Waals surface area contributed by atoms with E-state index >= 15 is 0 Å². The first-order chi connectivity index (χ1) is 16.0. The van der Waals surface area contributed by atoms with E-state index in [0.717, 1.165) is 56.1 Å². The van der Waals surface area contributed by atoms with Gasteiger partial charge in [0.25, 0.3) is 11.8 Å². The molecule has 0 spiro atoms.